The van der Waals surface area contributed by atoms with Crippen molar-refractivity contribution >= 4 is 45.5 Å². The number of amidine groups is 1. The van der Waals surface area contributed by atoms with Gasteiger partial charge in [0.15, 0.2) is 0 Å². The number of rotatable bonds is 29. The zero-order valence-electron chi connectivity index (χ0n) is 35.7. The molecule has 2 atom stereocenters. The summed E-state index contributed by atoms with van der Waals surface area (Å²) in [6.45, 7) is 3.14. The lowest BCUT2D eigenvalue weighted by Gasteiger charge is -2.28. The molecule has 0 aliphatic heterocycles. The second-order valence-corrected chi connectivity index (χ2v) is 16.5. The minimum Gasteiger partial charge on any atom is -0.481 e. The van der Waals surface area contributed by atoms with Crippen molar-refractivity contribution in [1.82, 2.24) is 26.0 Å². The third kappa shape index (κ3) is 25.1. The number of hydrogen-bond acceptors (Lipinski definition) is 12. The highest BCUT2D eigenvalue weighted by Crippen LogP contribution is 2.28. The lowest BCUT2D eigenvalue weighted by Crippen LogP contribution is -2.54. The van der Waals surface area contributed by atoms with Gasteiger partial charge in [-0.25, -0.2) is 13.1 Å². The summed E-state index contributed by atoms with van der Waals surface area (Å²) in [5, 5.41) is 26.1. The summed E-state index contributed by atoms with van der Waals surface area (Å²) in [5.74, 6) is -2.88. The van der Waals surface area contributed by atoms with Gasteiger partial charge in [-0.05, 0) is 42.7 Å². The van der Waals surface area contributed by atoms with Crippen LogP contribution in [-0.4, -0.2) is 120 Å². The van der Waals surface area contributed by atoms with Crippen LogP contribution in [-0.2, 0) is 60.5 Å². The fourth-order valence-electron chi connectivity index (χ4n) is 6.38. The summed E-state index contributed by atoms with van der Waals surface area (Å²) in [6.07, 6.45) is 6.32. The Morgan fingerprint density at radius 1 is 0.774 bits per heavy atom. The van der Waals surface area contributed by atoms with E-state index < -0.39 is 45.8 Å². The number of hydrogen-bond donors (Lipinski definition) is 9. The Hall–Kier alpha value is -4.99. The highest BCUT2D eigenvalue weighted by molar-refractivity contribution is 7.88. The van der Waals surface area contributed by atoms with E-state index in [4.69, 9.17) is 41.0 Å². The number of carboxylic acids is 1. The van der Waals surface area contributed by atoms with Crippen LogP contribution in [0, 0.1) is 11.3 Å². The normalized spacial score (nSPS) is 13.7. The molecule has 0 aromatic heterocycles. The molecule has 20 heteroatoms. The topological polar surface area (TPSA) is 303 Å². The van der Waals surface area contributed by atoms with Crippen molar-refractivity contribution in [1.29, 1.82) is 5.41 Å². The molecule has 0 unspecified atom stereocenters. The van der Waals surface area contributed by atoms with Gasteiger partial charge in [0.05, 0.1) is 32.2 Å². The Balaban J connectivity index is 0.00000316. The summed E-state index contributed by atoms with van der Waals surface area (Å²) in [6, 6.07) is 13.5. The Morgan fingerprint density at radius 2 is 1.39 bits per heavy atom. The van der Waals surface area contributed by atoms with Crippen LogP contribution < -0.4 is 37.5 Å². The van der Waals surface area contributed by atoms with Gasteiger partial charge in [-0.1, -0.05) is 86.7 Å². The van der Waals surface area contributed by atoms with Crippen molar-refractivity contribution in [3.8, 4) is 0 Å². The highest BCUT2D eigenvalue weighted by atomic mass is 32.2. The van der Waals surface area contributed by atoms with Gasteiger partial charge in [-0.2, -0.15) is 0 Å². The van der Waals surface area contributed by atoms with Crippen molar-refractivity contribution < 1.29 is 51.7 Å². The van der Waals surface area contributed by atoms with Crippen molar-refractivity contribution in [2.75, 3.05) is 59.3 Å². The second kappa shape index (κ2) is 30.9. The fraction of sp³-hybridized carbons (Fsp3) is 0.571. The maximum Gasteiger partial charge on any atom is 0.300 e. The molecule has 1 fully saturated rings. The summed E-state index contributed by atoms with van der Waals surface area (Å²) >= 11 is 0. The summed E-state index contributed by atoms with van der Waals surface area (Å²) < 4.78 is 45.1. The standard InChI is InChI=1S/C40H62N8O9S.C2H4O2/c41-18-21-55-23-24-56-22-20-45-37(50)28-57-27-36(49)44-19-8-7-13-34(39(51)46-26-31-14-16-33(17-15-31)38(42)43)47-40(52)35(25-30-9-3-1-4-10-30)48-58(53,54)29-32-11-5-2-6-12-32;1-2(3)4/h2,5-6,11-12,14-17,30,34-35,48H,1,3-4,7-10,13,18-29,41H2,(H3,42,43)(H,44,49)(H,45,50)(H,46,51)(H,47,52);1H3,(H,3,4)/t34-,35+;/m0./s1. The Labute approximate surface area is 364 Å². The molecular formula is C42H66N8O11S. The number of benzene rings is 2. The number of nitrogen functional groups attached to an aromatic ring is 1. The number of nitrogens with two attached hydrogens (primary N) is 2. The Morgan fingerprint density at radius 3 is 2.00 bits per heavy atom. The number of carbonyl (C=O) groups is 5. The van der Waals surface area contributed by atoms with Gasteiger partial charge in [0.2, 0.25) is 33.7 Å². The third-order valence-corrected chi connectivity index (χ3v) is 10.8. The quantitative estimate of drug-likeness (QED) is 0.0314. The molecule has 19 nitrogen and oxygen atoms in total. The van der Waals surface area contributed by atoms with E-state index in [1.165, 1.54) is 0 Å². The van der Waals surface area contributed by atoms with E-state index in [9.17, 15) is 27.6 Å². The van der Waals surface area contributed by atoms with Gasteiger partial charge in [0.25, 0.3) is 5.97 Å². The first-order valence-electron chi connectivity index (χ1n) is 20.9. The smallest absolute Gasteiger partial charge is 0.300 e. The maximum atomic E-state index is 13.9. The van der Waals surface area contributed by atoms with E-state index in [0.29, 0.717) is 63.4 Å². The van der Waals surface area contributed by atoms with Crippen LogP contribution in [0.3, 0.4) is 0 Å². The average Bonchev–Trinajstić information content (AvgIpc) is 3.23. The largest absolute Gasteiger partial charge is 0.481 e. The van der Waals surface area contributed by atoms with Crippen molar-refractivity contribution in [2.24, 2.45) is 17.4 Å². The molecule has 0 spiro atoms. The van der Waals surface area contributed by atoms with E-state index in [2.05, 4.69) is 26.0 Å². The van der Waals surface area contributed by atoms with Gasteiger partial charge in [0, 0.05) is 38.7 Å². The molecule has 62 heavy (non-hydrogen) atoms. The number of amides is 4. The molecular weight excluding hydrogens is 825 g/mol. The van der Waals surface area contributed by atoms with E-state index in [-0.39, 0.29) is 62.7 Å². The lowest BCUT2D eigenvalue weighted by atomic mass is 9.85. The molecule has 11 N–H and O–H groups in total. The van der Waals surface area contributed by atoms with E-state index in [1.54, 1.807) is 54.6 Å². The molecule has 4 amide bonds. The van der Waals surface area contributed by atoms with Gasteiger partial charge in [-0.15, -0.1) is 0 Å². The van der Waals surface area contributed by atoms with Crippen LogP contribution in [0.2, 0.25) is 0 Å². The van der Waals surface area contributed by atoms with Gasteiger partial charge in [-0.3, -0.25) is 29.4 Å². The predicted octanol–water partition coefficient (Wildman–Crippen LogP) is 1.03. The zero-order valence-corrected chi connectivity index (χ0v) is 36.5. The predicted molar refractivity (Wildman–Crippen MR) is 233 cm³/mol. The van der Waals surface area contributed by atoms with E-state index in [0.717, 1.165) is 44.6 Å². The molecule has 0 radical (unpaired) electrons. The first kappa shape index (κ1) is 53.1. The maximum absolute atomic E-state index is 13.9. The molecule has 1 aliphatic carbocycles. The summed E-state index contributed by atoms with van der Waals surface area (Å²) in [7, 11) is -3.92. The van der Waals surface area contributed by atoms with Crippen LogP contribution in [0.5, 0.6) is 0 Å². The minimum atomic E-state index is -3.92. The molecule has 2 aromatic carbocycles. The molecule has 1 aliphatic rings. The first-order chi connectivity index (χ1) is 29.7. The van der Waals surface area contributed by atoms with Gasteiger partial charge < -0.3 is 52.1 Å². The SMILES string of the molecule is CC(=O)O.N=C(N)c1ccc(CNC(=O)[C@H](CCCCNC(=O)COCC(=O)NCCOCCOCCN)NC(=O)[C@@H](CC2CCCCC2)NS(=O)(=O)Cc2ccccc2)cc1. The van der Waals surface area contributed by atoms with Crippen molar-refractivity contribution in [3.05, 3.63) is 71.3 Å². The molecule has 0 saturated heterocycles. The molecule has 1 saturated carbocycles. The number of ether oxygens (including phenoxy) is 3. The number of nitrogens with one attached hydrogen (secondary N) is 6. The third-order valence-electron chi connectivity index (χ3n) is 9.41. The van der Waals surface area contributed by atoms with Crippen LogP contribution in [0.1, 0.15) is 81.4 Å². The molecule has 2 aromatic rings. The Kier molecular flexibility index (Phi) is 26.5. The van der Waals surface area contributed by atoms with Gasteiger partial charge >= 0.3 is 0 Å². The molecule has 0 heterocycles. The average molecular weight is 891 g/mol. The lowest BCUT2D eigenvalue weighted by molar-refractivity contribution is -0.134. The van der Waals surface area contributed by atoms with E-state index >= 15 is 0 Å². The number of carbonyl (C=O) groups excluding carboxylic acids is 4. The van der Waals surface area contributed by atoms with E-state index in [1.807, 2.05) is 0 Å². The number of aliphatic carboxylic acids is 1. The molecule has 0 bridgehead atoms. The number of sulfonamides is 1. The fourth-order valence-corrected chi connectivity index (χ4v) is 7.73. The highest BCUT2D eigenvalue weighted by Gasteiger charge is 2.31. The van der Waals surface area contributed by atoms with Crippen molar-refractivity contribution in [3.63, 3.8) is 0 Å². The zero-order chi connectivity index (χ0) is 45.6. The van der Waals surface area contributed by atoms with Crippen LogP contribution in [0.25, 0.3) is 0 Å². The monoisotopic (exact) mass is 890 g/mol. The molecule has 3 rings (SSSR count). The summed E-state index contributed by atoms with van der Waals surface area (Å²) in [4.78, 5) is 60.8. The second-order valence-electron chi connectivity index (χ2n) is 14.8. The Bertz CT molecular complexity index is 1760. The first-order valence-corrected chi connectivity index (χ1v) is 22.6. The van der Waals surface area contributed by atoms with Crippen LogP contribution in [0.15, 0.2) is 54.6 Å². The van der Waals surface area contributed by atoms with Crippen LogP contribution >= 0.6 is 0 Å². The minimum absolute atomic E-state index is 0.0776. The van der Waals surface area contributed by atoms with Crippen LogP contribution in [0.4, 0.5) is 0 Å². The molecule has 346 valence electrons. The van der Waals surface area contributed by atoms with Gasteiger partial charge in [0.1, 0.15) is 31.1 Å². The number of unbranched alkanes of at least 4 members (excludes halogenated alkanes) is 1. The number of carboxylic acid groups (broad SMARTS) is 1. The summed E-state index contributed by atoms with van der Waals surface area (Å²) in [5.41, 5.74) is 12.8. The van der Waals surface area contributed by atoms with Crippen molar-refractivity contribution in [2.45, 2.75) is 89.1 Å².